The molecule has 5 aliphatic rings. The number of nitrogens with one attached hydrogen (secondary N) is 3. The van der Waals surface area contributed by atoms with Gasteiger partial charge in [0.15, 0.2) is 10.7 Å². The van der Waals surface area contributed by atoms with Crippen molar-refractivity contribution in [1.29, 1.82) is 0 Å². The van der Waals surface area contributed by atoms with Gasteiger partial charge in [-0.15, -0.1) is 6.58 Å². The number of fused-ring (bicyclic) bond motifs is 2. The molecule has 60 heavy (non-hydrogen) atoms. The van der Waals surface area contributed by atoms with Crippen LogP contribution >= 0.6 is 11.6 Å². The summed E-state index contributed by atoms with van der Waals surface area (Å²) in [7, 11) is 3.43. The summed E-state index contributed by atoms with van der Waals surface area (Å²) >= 11 is 7.08. The first kappa shape index (κ1) is 41.6. The second kappa shape index (κ2) is 16.1. The van der Waals surface area contributed by atoms with Crippen LogP contribution in [0.4, 0.5) is 10.8 Å². The van der Waals surface area contributed by atoms with E-state index in [-0.39, 0.29) is 32.1 Å². The van der Waals surface area contributed by atoms with Gasteiger partial charge in [0.2, 0.25) is 23.0 Å². The Morgan fingerprint density at radius 2 is 1.87 bits per heavy atom. The average molecular weight is 850 g/mol. The molecule has 2 unspecified atom stereocenters. The third kappa shape index (κ3) is 8.32. The topological polar surface area (TPSA) is 195 Å². The largest absolute Gasteiger partial charge is 0.489 e. The smallest absolute Gasteiger partial charge is 0.408 e. The van der Waals surface area contributed by atoms with Gasteiger partial charge in [-0.05, 0) is 67.9 Å². The first-order chi connectivity index (χ1) is 28.6. The fourth-order valence-corrected chi connectivity index (χ4v) is 9.13. The van der Waals surface area contributed by atoms with Crippen molar-refractivity contribution in [3.05, 3.63) is 42.1 Å². The molecule has 322 valence electrons. The number of carboxylic acids is 1. The molecule has 0 bridgehead atoms. The number of carboxylic acid groups (broad SMARTS) is 1. The Kier molecular flexibility index (Phi) is 11.2. The predicted octanol–water partition coefficient (Wildman–Crippen LogP) is 5.01. The van der Waals surface area contributed by atoms with Crippen molar-refractivity contribution in [2.45, 2.75) is 102 Å². The SMILES string of the molecule is C=C[C@@H]1C[C@]1(NC(=O)[C@@H]1CC(Oc2cc(-c3coc(NC4CC4)n3)[n+](C)c3c(Cl)c(OCCOC)ccc23)CN1C(=O)[C@@H](NC(=O)OC1C[C@@H]2C[C@@H]2C1)C(C)(C)C)C(=O)O. The molecule has 0 spiro atoms. The molecule has 17 heteroatoms. The number of oxazole rings is 1. The number of rotatable bonds is 16. The van der Waals surface area contributed by atoms with Crippen LogP contribution in [0.15, 0.2) is 41.5 Å². The molecule has 8 atom stereocenters. The summed E-state index contributed by atoms with van der Waals surface area (Å²) in [6.07, 6.45) is 6.44. The number of halogens is 1. The zero-order chi connectivity index (χ0) is 42.7. The summed E-state index contributed by atoms with van der Waals surface area (Å²) in [5.74, 6) is -0.828. The van der Waals surface area contributed by atoms with Crippen LogP contribution in [0.1, 0.15) is 65.7 Å². The lowest BCUT2D eigenvalue weighted by Gasteiger charge is -2.35. The number of benzene rings is 1. The normalized spacial score (nSPS) is 27.1. The number of aromatic nitrogens is 2. The molecule has 1 aliphatic heterocycles. The maximum Gasteiger partial charge on any atom is 0.408 e. The number of carbonyl (C=O) groups is 4. The van der Waals surface area contributed by atoms with Gasteiger partial charge in [0.05, 0.1) is 24.6 Å². The van der Waals surface area contributed by atoms with Crippen LogP contribution < -0.4 is 30.0 Å². The van der Waals surface area contributed by atoms with Gasteiger partial charge in [0.25, 0.3) is 6.01 Å². The van der Waals surface area contributed by atoms with Crippen molar-refractivity contribution >= 4 is 52.4 Å². The average Bonchev–Trinajstić information content (AvgIpc) is 4.14. The molecule has 4 aliphatic carbocycles. The molecule has 3 heterocycles. The Morgan fingerprint density at radius 3 is 2.52 bits per heavy atom. The maximum absolute atomic E-state index is 14.8. The number of nitrogens with zero attached hydrogens (tertiary/aromatic N) is 3. The standard InChI is InChI=1S/C43H53ClN6O10/c1-7-24-19-43(24,39(53)54)48-37(51)31-17-27(20-50(31)38(52)36(42(2,3)4)47-41(55)60-26-15-22-14-23(22)16-26)59-33-18-30(29-21-58-40(46-29)45-25-8-9-25)49(5)35-28(33)10-11-32(34(35)44)57-13-12-56-6/h7,10-11,18,21-27,31,36H,1,8-9,12-17,19-20H2,2-6H3,(H3-,45,46,47,48,51,53,54,55)/p+1/t22-,23+,24-,26?,27?,31+,36-,43-/m1/s1. The van der Waals surface area contributed by atoms with E-state index in [0.29, 0.717) is 69.3 Å². The molecule has 1 saturated heterocycles. The monoisotopic (exact) mass is 849 g/mol. The van der Waals surface area contributed by atoms with Crippen molar-refractivity contribution in [3.63, 3.8) is 0 Å². The number of pyridine rings is 1. The zero-order valence-electron chi connectivity index (χ0n) is 34.6. The van der Waals surface area contributed by atoms with E-state index in [1.54, 1.807) is 19.4 Å². The van der Waals surface area contributed by atoms with Crippen molar-refractivity contribution in [2.24, 2.45) is 30.2 Å². The Hall–Kier alpha value is -5.09. The highest BCUT2D eigenvalue weighted by atomic mass is 35.5. The lowest BCUT2D eigenvalue weighted by Crippen LogP contribution is -2.59. The van der Waals surface area contributed by atoms with Gasteiger partial charge < -0.3 is 49.3 Å². The Labute approximate surface area is 353 Å². The minimum absolute atomic E-state index is 0.0153. The highest BCUT2D eigenvalue weighted by Gasteiger charge is 2.61. The molecule has 3 amide bonds. The summed E-state index contributed by atoms with van der Waals surface area (Å²) in [6.45, 7) is 9.78. The Bertz CT molecular complexity index is 2190. The van der Waals surface area contributed by atoms with Crippen LogP contribution in [0, 0.1) is 23.2 Å². The highest BCUT2D eigenvalue weighted by molar-refractivity contribution is 6.36. The van der Waals surface area contributed by atoms with Gasteiger partial charge in [-0.3, -0.25) is 9.59 Å². The minimum Gasteiger partial charge on any atom is -0.489 e. The van der Waals surface area contributed by atoms with E-state index in [2.05, 4.69) is 22.5 Å². The third-order valence-electron chi connectivity index (χ3n) is 12.5. The van der Waals surface area contributed by atoms with Gasteiger partial charge in [0, 0.05) is 25.5 Å². The quantitative estimate of drug-likeness (QED) is 0.0857. The lowest BCUT2D eigenvalue weighted by atomic mass is 9.85. The maximum atomic E-state index is 14.8. The van der Waals surface area contributed by atoms with Crippen LogP contribution in [-0.4, -0.2) is 102 Å². The first-order valence-electron chi connectivity index (χ1n) is 20.7. The number of likely N-dealkylation sites (tertiary alicyclic amines) is 1. The van der Waals surface area contributed by atoms with Crippen LogP contribution in [0.25, 0.3) is 22.3 Å². The number of aliphatic carboxylic acids is 1. The second-order valence-electron chi connectivity index (χ2n) is 18.0. The summed E-state index contributed by atoms with van der Waals surface area (Å²) < 4.78 is 31.4. The summed E-state index contributed by atoms with van der Waals surface area (Å²) in [5, 5.41) is 19.9. The molecule has 3 aromatic rings. The fourth-order valence-electron chi connectivity index (χ4n) is 8.79. The number of anilines is 1. The molecule has 0 radical (unpaired) electrons. The van der Waals surface area contributed by atoms with Gasteiger partial charge in [-0.1, -0.05) is 38.4 Å². The van der Waals surface area contributed by atoms with Crippen molar-refractivity contribution in [2.75, 3.05) is 32.2 Å². The van der Waals surface area contributed by atoms with Crippen LogP contribution in [0.3, 0.4) is 0 Å². The van der Waals surface area contributed by atoms with Gasteiger partial charge >= 0.3 is 12.1 Å². The molecule has 8 rings (SSSR count). The highest BCUT2D eigenvalue weighted by Crippen LogP contribution is 2.52. The number of ether oxygens (including phenoxy) is 4. The minimum atomic E-state index is -1.54. The molecule has 16 nitrogen and oxygen atoms in total. The molecular weight excluding hydrogens is 796 g/mol. The van der Waals surface area contributed by atoms with Crippen molar-refractivity contribution < 1.29 is 52.2 Å². The number of amides is 3. The Balaban J connectivity index is 1.12. The van der Waals surface area contributed by atoms with E-state index >= 15 is 0 Å². The number of alkyl carbamates (subject to hydrolysis) is 1. The summed E-state index contributed by atoms with van der Waals surface area (Å²) in [6, 6.07) is 3.84. The van der Waals surface area contributed by atoms with Gasteiger partial charge in [-0.25, -0.2) is 9.59 Å². The van der Waals surface area contributed by atoms with Crippen LogP contribution in [0.5, 0.6) is 11.5 Å². The van der Waals surface area contributed by atoms with E-state index < -0.39 is 58.9 Å². The molecule has 4 N–H and O–H groups in total. The Morgan fingerprint density at radius 1 is 1.12 bits per heavy atom. The van der Waals surface area contributed by atoms with E-state index in [4.69, 9.17) is 39.9 Å². The van der Waals surface area contributed by atoms with E-state index in [1.165, 1.54) is 11.0 Å². The lowest BCUT2D eigenvalue weighted by molar-refractivity contribution is -0.633. The molecule has 2 aromatic heterocycles. The van der Waals surface area contributed by atoms with E-state index in [1.807, 2.05) is 44.5 Å². The van der Waals surface area contributed by atoms with Crippen molar-refractivity contribution in [1.82, 2.24) is 20.5 Å². The molecule has 4 saturated carbocycles. The number of aryl methyl sites for hydroxylation is 1. The first-order valence-corrected chi connectivity index (χ1v) is 21.1. The molecule has 1 aromatic carbocycles. The summed E-state index contributed by atoms with van der Waals surface area (Å²) in [4.78, 5) is 60.9. The molecule has 5 fully saturated rings. The van der Waals surface area contributed by atoms with Gasteiger partial charge in [0.1, 0.15) is 61.2 Å². The van der Waals surface area contributed by atoms with Crippen LogP contribution in [-0.2, 0) is 30.9 Å². The fraction of sp³-hybridized carbons (Fsp3) is 0.581. The summed E-state index contributed by atoms with van der Waals surface area (Å²) in [5.41, 5.74) is -0.657. The number of methoxy groups -OCH3 is 1. The zero-order valence-corrected chi connectivity index (χ0v) is 35.4. The van der Waals surface area contributed by atoms with E-state index in [9.17, 15) is 24.3 Å². The third-order valence-corrected chi connectivity index (χ3v) is 12.9. The van der Waals surface area contributed by atoms with Crippen LogP contribution in [0.2, 0.25) is 5.02 Å². The second-order valence-corrected chi connectivity index (χ2v) is 18.4. The number of hydrogen-bond acceptors (Lipinski definition) is 11. The number of carbonyl (C=O) groups excluding carboxylic acids is 3. The molecular formula is C43H54ClN6O10+. The predicted molar refractivity (Wildman–Crippen MR) is 218 cm³/mol. The number of hydrogen-bond donors (Lipinski definition) is 4. The van der Waals surface area contributed by atoms with Gasteiger partial charge in [-0.2, -0.15) is 9.55 Å². The van der Waals surface area contributed by atoms with Crippen molar-refractivity contribution in [3.8, 4) is 22.9 Å². The van der Waals surface area contributed by atoms with E-state index in [0.717, 1.165) is 32.1 Å².